The van der Waals surface area contributed by atoms with Crippen molar-refractivity contribution in [1.82, 2.24) is 15.2 Å². The van der Waals surface area contributed by atoms with Gasteiger partial charge in [0.05, 0.1) is 10.2 Å². The fourth-order valence-electron chi connectivity index (χ4n) is 2.78. The molecule has 0 saturated heterocycles. The number of rotatable bonds is 3. The maximum absolute atomic E-state index is 4.65. The molecule has 0 spiro atoms. The first kappa shape index (κ1) is 13.3. The Morgan fingerprint density at radius 1 is 1.18 bits per heavy atom. The first-order chi connectivity index (χ1) is 10.7. The van der Waals surface area contributed by atoms with Crippen molar-refractivity contribution in [3.05, 3.63) is 53.2 Å². The summed E-state index contributed by atoms with van der Waals surface area (Å²) in [6, 6.07) is 12.5. The van der Waals surface area contributed by atoms with Gasteiger partial charge in [-0.2, -0.15) is 5.10 Å². The zero-order chi connectivity index (χ0) is 15.1. The molecule has 3 aromatic heterocycles. The Morgan fingerprint density at radius 3 is 2.82 bits per heavy atom. The van der Waals surface area contributed by atoms with E-state index in [-0.39, 0.29) is 0 Å². The third kappa shape index (κ3) is 2.14. The molecule has 110 valence electrons. The lowest BCUT2D eigenvalue weighted by atomic mass is 10.1. The fraction of sp³-hybridized carbons (Fsp3) is 0.176. The van der Waals surface area contributed by atoms with E-state index in [1.54, 1.807) is 11.3 Å². The van der Waals surface area contributed by atoms with Gasteiger partial charge in [0.15, 0.2) is 5.82 Å². The Bertz CT molecular complexity index is 953. The number of H-pyrrole nitrogens is 1. The monoisotopic (exact) mass is 308 g/mol. The SMILES string of the molecule is Cc1cc(C)c2c(n1)sc1c(NCc3ccccc3)n[nH]c12. The van der Waals surface area contributed by atoms with Crippen molar-refractivity contribution >= 4 is 37.6 Å². The summed E-state index contributed by atoms with van der Waals surface area (Å²) in [5.74, 6) is 0.902. The molecule has 1 aromatic carbocycles. The molecule has 0 atom stereocenters. The minimum atomic E-state index is 0.764. The number of nitrogens with zero attached hydrogens (tertiary/aromatic N) is 2. The largest absolute Gasteiger partial charge is 0.363 e. The van der Waals surface area contributed by atoms with Crippen LogP contribution in [0, 0.1) is 13.8 Å². The summed E-state index contributed by atoms with van der Waals surface area (Å²) in [6.07, 6.45) is 0. The highest BCUT2D eigenvalue weighted by molar-refractivity contribution is 7.26. The maximum atomic E-state index is 4.65. The summed E-state index contributed by atoms with van der Waals surface area (Å²) < 4.78 is 1.15. The van der Waals surface area contributed by atoms with Crippen molar-refractivity contribution in [3.63, 3.8) is 0 Å². The van der Waals surface area contributed by atoms with Crippen LogP contribution in [0.3, 0.4) is 0 Å². The van der Waals surface area contributed by atoms with Crippen LogP contribution in [0.1, 0.15) is 16.8 Å². The Hall–Kier alpha value is -2.40. The van der Waals surface area contributed by atoms with Crippen molar-refractivity contribution in [2.24, 2.45) is 0 Å². The van der Waals surface area contributed by atoms with Crippen molar-refractivity contribution in [3.8, 4) is 0 Å². The zero-order valence-electron chi connectivity index (χ0n) is 12.5. The fourth-order valence-corrected chi connectivity index (χ4v) is 3.99. The summed E-state index contributed by atoms with van der Waals surface area (Å²) in [4.78, 5) is 5.72. The van der Waals surface area contributed by atoms with Crippen molar-refractivity contribution in [2.45, 2.75) is 20.4 Å². The third-order valence-electron chi connectivity index (χ3n) is 3.78. The molecule has 4 rings (SSSR count). The van der Waals surface area contributed by atoms with Crippen LogP contribution < -0.4 is 5.32 Å². The molecule has 3 heterocycles. The maximum Gasteiger partial charge on any atom is 0.166 e. The van der Waals surface area contributed by atoms with Crippen LogP contribution >= 0.6 is 11.3 Å². The molecule has 4 aromatic rings. The van der Waals surface area contributed by atoms with Gasteiger partial charge in [-0.15, -0.1) is 11.3 Å². The van der Waals surface area contributed by atoms with Gasteiger partial charge in [-0.05, 0) is 31.0 Å². The molecule has 0 saturated carbocycles. The van der Waals surface area contributed by atoms with Crippen LogP contribution in [0.5, 0.6) is 0 Å². The van der Waals surface area contributed by atoms with Gasteiger partial charge in [0.2, 0.25) is 0 Å². The van der Waals surface area contributed by atoms with Gasteiger partial charge in [0, 0.05) is 17.6 Å². The molecule has 2 N–H and O–H groups in total. The highest BCUT2D eigenvalue weighted by Crippen LogP contribution is 2.37. The van der Waals surface area contributed by atoms with Crippen LogP contribution in [-0.2, 0) is 6.54 Å². The van der Waals surface area contributed by atoms with E-state index in [1.807, 2.05) is 25.1 Å². The summed E-state index contributed by atoms with van der Waals surface area (Å²) in [5, 5.41) is 12.2. The first-order valence-corrected chi connectivity index (χ1v) is 8.06. The smallest absolute Gasteiger partial charge is 0.166 e. The molecular weight excluding hydrogens is 292 g/mol. The molecule has 0 aliphatic heterocycles. The zero-order valence-corrected chi connectivity index (χ0v) is 13.3. The van der Waals surface area contributed by atoms with Crippen LogP contribution in [0.15, 0.2) is 36.4 Å². The van der Waals surface area contributed by atoms with Gasteiger partial charge >= 0.3 is 0 Å². The molecule has 0 fully saturated rings. The second kappa shape index (κ2) is 5.10. The number of aromatic amines is 1. The number of aryl methyl sites for hydroxylation is 2. The highest BCUT2D eigenvalue weighted by Gasteiger charge is 2.15. The Kier molecular flexibility index (Phi) is 3.08. The lowest BCUT2D eigenvalue weighted by Gasteiger charge is -2.02. The topological polar surface area (TPSA) is 53.6 Å². The normalized spacial score (nSPS) is 11.4. The number of anilines is 1. The summed E-state index contributed by atoms with van der Waals surface area (Å²) in [5.41, 5.74) is 4.62. The molecular formula is C17H16N4S. The quantitative estimate of drug-likeness (QED) is 0.590. The van der Waals surface area contributed by atoms with E-state index in [1.165, 1.54) is 16.5 Å². The van der Waals surface area contributed by atoms with Crippen LogP contribution in [0.25, 0.3) is 20.4 Å². The lowest BCUT2D eigenvalue weighted by Crippen LogP contribution is -1.99. The van der Waals surface area contributed by atoms with E-state index < -0.39 is 0 Å². The lowest BCUT2D eigenvalue weighted by molar-refractivity contribution is 1.06. The van der Waals surface area contributed by atoms with E-state index in [4.69, 9.17) is 0 Å². The molecule has 0 radical (unpaired) electrons. The number of hydrogen-bond donors (Lipinski definition) is 2. The van der Waals surface area contributed by atoms with E-state index >= 15 is 0 Å². The summed E-state index contributed by atoms with van der Waals surface area (Å²) >= 11 is 1.69. The van der Waals surface area contributed by atoms with Crippen LogP contribution in [-0.4, -0.2) is 15.2 Å². The van der Waals surface area contributed by atoms with Gasteiger partial charge in [-0.1, -0.05) is 30.3 Å². The average molecular weight is 308 g/mol. The number of pyridine rings is 1. The predicted molar refractivity (Wildman–Crippen MR) is 92.5 cm³/mol. The number of benzene rings is 1. The number of aromatic nitrogens is 3. The summed E-state index contributed by atoms with van der Waals surface area (Å²) in [7, 11) is 0. The highest BCUT2D eigenvalue weighted by atomic mass is 32.1. The van der Waals surface area contributed by atoms with Crippen LogP contribution in [0.4, 0.5) is 5.82 Å². The summed E-state index contributed by atoms with van der Waals surface area (Å²) in [6.45, 7) is 4.93. The Morgan fingerprint density at radius 2 is 2.00 bits per heavy atom. The third-order valence-corrected chi connectivity index (χ3v) is 4.88. The molecule has 5 heteroatoms. The van der Waals surface area contributed by atoms with Crippen molar-refractivity contribution < 1.29 is 0 Å². The second-order valence-electron chi connectivity index (χ2n) is 5.48. The van der Waals surface area contributed by atoms with Gasteiger partial charge in [-0.3, -0.25) is 5.10 Å². The molecule has 0 bridgehead atoms. The Labute approximate surface area is 132 Å². The number of nitrogens with one attached hydrogen (secondary N) is 2. The van der Waals surface area contributed by atoms with Gasteiger partial charge < -0.3 is 5.32 Å². The van der Waals surface area contributed by atoms with Gasteiger partial charge in [0.1, 0.15) is 4.83 Å². The van der Waals surface area contributed by atoms with Crippen LogP contribution in [0.2, 0.25) is 0 Å². The molecule has 22 heavy (non-hydrogen) atoms. The van der Waals surface area contributed by atoms with E-state index in [0.717, 1.165) is 33.1 Å². The first-order valence-electron chi connectivity index (χ1n) is 7.25. The van der Waals surface area contributed by atoms with E-state index in [2.05, 4.69) is 45.6 Å². The van der Waals surface area contributed by atoms with Crippen molar-refractivity contribution in [2.75, 3.05) is 5.32 Å². The minimum absolute atomic E-state index is 0.764. The van der Waals surface area contributed by atoms with Crippen molar-refractivity contribution in [1.29, 1.82) is 0 Å². The number of hydrogen-bond acceptors (Lipinski definition) is 4. The van der Waals surface area contributed by atoms with E-state index in [0.29, 0.717) is 0 Å². The van der Waals surface area contributed by atoms with Gasteiger partial charge in [-0.25, -0.2) is 4.98 Å². The molecule has 0 unspecified atom stereocenters. The number of thiophene rings is 1. The minimum Gasteiger partial charge on any atom is -0.363 e. The number of fused-ring (bicyclic) bond motifs is 3. The standard InChI is InChI=1S/C17H16N4S/c1-10-8-11(2)19-17-13(10)14-15(22-17)16(21-20-14)18-9-12-6-4-3-5-7-12/h3-8H,9H2,1-2H3,(H2,18,20,21). The molecule has 0 amide bonds. The van der Waals surface area contributed by atoms with Gasteiger partial charge in [0.25, 0.3) is 0 Å². The molecule has 0 aliphatic carbocycles. The van der Waals surface area contributed by atoms with E-state index in [9.17, 15) is 0 Å². The second-order valence-corrected chi connectivity index (χ2v) is 6.48. The average Bonchev–Trinajstić information content (AvgIpc) is 3.04. The predicted octanol–water partition coefficient (Wildman–Crippen LogP) is 4.40. The Balaban J connectivity index is 1.75. The molecule has 4 nitrogen and oxygen atoms in total. The molecule has 0 aliphatic rings.